The number of aryl methyl sites for hydroxylation is 1. The summed E-state index contributed by atoms with van der Waals surface area (Å²) in [6.45, 7) is 1.03. The van der Waals surface area contributed by atoms with E-state index in [2.05, 4.69) is 15.3 Å². The zero-order chi connectivity index (χ0) is 24.7. The summed E-state index contributed by atoms with van der Waals surface area (Å²) in [7, 11) is -3.80. The standard InChI is InChI=1S/C27H25N3O4S/c31-27(32)11-9-20-4-1-5-21(14-20)16-30-17-22-8-10-25(23-6-2-12-28-18-23)26(15-22)35(33,34)24-7-3-13-29-19-24/h1-8,10,12-15,18-19,30H,9,11,16-17H2,(H,31,32). The highest BCUT2D eigenvalue weighted by Crippen LogP contribution is 2.32. The summed E-state index contributed by atoms with van der Waals surface area (Å²) in [4.78, 5) is 19.3. The first-order valence-electron chi connectivity index (χ1n) is 11.1. The molecule has 2 aromatic carbocycles. The Morgan fingerprint density at radius 3 is 2.23 bits per heavy atom. The van der Waals surface area contributed by atoms with Crippen molar-refractivity contribution in [1.29, 1.82) is 0 Å². The van der Waals surface area contributed by atoms with Crippen LogP contribution in [0.2, 0.25) is 0 Å². The first-order chi connectivity index (χ1) is 16.9. The number of benzene rings is 2. The molecule has 0 saturated heterocycles. The Hall–Kier alpha value is -3.88. The number of aromatic nitrogens is 2. The van der Waals surface area contributed by atoms with Crippen molar-refractivity contribution < 1.29 is 18.3 Å². The molecule has 0 aliphatic heterocycles. The zero-order valence-corrected chi connectivity index (χ0v) is 19.8. The maximum atomic E-state index is 13.5. The first-order valence-corrected chi connectivity index (χ1v) is 12.6. The zero-order valence-electron chi connectivity index (χ0n) is 19.0. The van der Waals surface area contributed by atoms with Gasteiger partial charge in [-0.15, -0.1) is 0 Å². The average Bonchev–Trinajstić information content (AvgIpc) is 2.89. The molecular weight excluding hydrogens is 462 g/mol. The fraction of sp³-hybridized carbons (Fsp3) is 0.148. The first kappa shape index (κ1) is 24.3. The summed E-state index contributed by atoms with van der Waals surface area (Å²) >= 11 is 0. The van der Waals surface area contributed by atoms with Gasteiger partial charge in [-0.25, -0.2) is 8.42 Å². The molecule has 0 amide bonds. The Morgan fingerprint density at radius 1 is 0.829 bits per heavy atom. The summed E-state index contributed by atoms with van der Waals surface area (Å²) in [5, 5.41) is 12.2. The Labute approximate surface area is 204 Å². The Morgan fingerprint density at radius 2 is 1.54 bits per heavy atom. The van der Waals surface area contributed by atoms with Crippen molar-refractivity contribution in [2.45, 2.75) is 35.7 Å². The van der Waals surface area contributed by atoms with Gasteiger partial charge >= 0.3 is 5.97 Å². The number of pyridine rings is 2. The molecule has 0 saturated carbocycles. The van der Waals surface area contributed by atoms with E-state index >= 15 is 0 Å². The van der Waals surface area contributed by atoms with Crippen LogP contribution in [0.15, 0.2) is 101 Å². The summed E-state index contributed by atoms with van der Waals surface area (Å²) < 4.78 is 27.0. The van der Waals surface area contributed by atoms with Crippen molar-refractivity contribution in [3.05, 3.63) is 108 Å². The molecule has 35 heavy (non-hydrogen) atoms. The second-order valence-corrected chi connectivity index (χ2v) is 10.00. The van der Waals surface area contributed by atoms with Gasteiger partial charge in [0.05, 0.1) is 9.79 Å². The van der Waals surface area contributed by atoms with Crippen molar-refractivity contribution in [3.8, 4) is 11.1 Å². The normalized spacial score (nSPS) is 11.3. The molecule has 178 valence electrons. The van der Waals surface area contributed by atoms with Crippen LogP contribution in [0.4, 0.5) is 0 Å². The Balaban J connectivity index is 1.56. The number of carbonyl (C=O) groups is 1. The maximum absolute atomic E-state index is 13.5. The van der Waals surface area contributed by atoms with E-state index in [9.17, 15) is 13.2 Å². The predicted molar refractivity (Wildman–Crippen MR) is 132 cm³/mol. The van der Waals surface area contributed by atoms with E-state index in [-0.39, 0.29) is 16.2 Å². The van der Waals surface area contributed by atoms with Gasteiger partial charge in [0.25, 0.3) is 0 Å². The molecule has 2 aromatic heterocycles. The van der Waals surface area contributed by atoms with Crippen LogP contribution in [-0.2, 0) is 34.1 Å². The molecule has 4 rings (SSSR count). The third-order valence-corrected chi connectivity index (χ3v) is 7.31. The molecule has 7 nitrogen and oxygen atoms in total. The molecule has 4 aromatic rings. The molecule has 0 bridgehead atoms. The van der Waals surface area contributed by atoms with E-state index in [4.69, 9.17) is 5.11 Å². The van der Waals surface area contributed by atoms with Gasteiger partial charge in [-0.05, 0) is 47.4 Å². The number of aliphatic carboxylic acids is 1. The summed E-state index contributed by atoms with van der Waals surface area (Å²) in [5.74, 6) is -0.819. The highest BCUT2D eigenvalue weighted by atomic mass is 32.2. The number of rotatable bonds is 10. The number of nitrogens with zero attached hydrogens (tertiary/aromatic N) is 2. The van der Waals surface area contributed by atoms with Gasteiger partial charge in [0.15, 0.2) is 0 Å². The van der Waals surface area contributed by atoms with Crippen molar-refractivity contribution in [2.24, 2.45) is 0 Å². The molecule has 0 unspecified atom stereocenters. The lowest BCUT2D eigenvalue weighted by molar-refractivity contribution is -0.136. The maximum Gasteiger partial charge on any atom is 0.303 e. The van der Waals surface area contributed by atoms with Crippen LogP contribution in [0.5, 0.6) is 0 Å². The molecular formula is C27H25N3O4S. The van der Waals surface area contributed by atoms with Gasteiger partial charge in [0.2, 0.25) is 9.84 Å². The van der Waals surface area contributed by atoms with Gasteiger partial charge < -0.3 is 10.4 Å². The van der Waals surface area contributed by atoms with Crippen LogP contribution in [0.3, 0.4) is 0 Å². The average molecular weight is 488 g/mol. The quantitative estimate of drug-likeness (QED) is 0.344. The van der Waals surface area contributed by atoms with Gasteiger partial charge in [-0.2, -0.15) is 0 Å². The van der Waals surface area contributed by atoms with E-state index < -0.39 is 15.8 Å². The van der Waals surface area contributed by atoms with Crippen LogP contribution < -0.4 is 5.32 Å². The predicted octanol–water partition coefficient (Wildman–Crippen LogP) is 4.28. The van der Waals surface area contributed by atoms with Gasteiger partial charge in [-0.1, -0.05) is 42.5 Å². The van der Waals surface area contributed by atoms with E-state index in [1.165, 1.54) is 18.5 Å². The molecule has 2 N–H and O–H groups in total. The van der Waals surface area contributed by atoms with E-state index in [0.29, 0.717) is 30.6 Å². The molecule has 0 spiro atoms. The lowest BCUT2D eigenvalue weighted by Crippen LogP contribution is -2.14. The fourth-order valence-electron chi connectivity index (χ4n) is 3.79. The molecule has 2 heterocycles. The van der Waals surface area contributed by atoms with Crippen LogP contribution in [0, 0.1) is 0 Å². The molecule has 0 fully saturated rings. The SMILES string of the molecule is O=C(O)CCc1cccc(CNCc2ccc(-c3cccnc3)c(S(=O)(=O)c3cccnc3)c2)c1. The third kappa shape index (κ3) is 6.17. The van der Waals surface area contributed by atoms with Gasteiger partial charge in [-0.3, -0.25) is 14.8 Å². The number of carboxylic acid groups (broad SMARTS) is 1. The van der Waals surface area contributed by atoms with Crippen molar-refractivity contribution in [3.63, 3.8) is 0 Å². The lowest BCUT2D eigenvalue weighted by Gasteiger charge is -2.14. The van der Waals surface area contributed by atoms with Crippen LogP contribution in [-0.4, -0.2) is 29.5 Å². The number of nitrogens with one attached hydrogen (secondary N) is 1. The lowest BCUT2D eigenvalue weighted by atomic mass is 10.0. The van der Waals surface area contributed by atoms with Crippen molar-refractivity contribution in [1.82, 2.24) is 15.3 Å². The second kappa shape index (κ2) is 11.0. The number of hydrogen-bond donors (Lipinski definition) is 2. The highest BCUT2D eigenvalue weighted by Gasteiger charge is 2.23. The van der Waals surface area contributed by atoms with Crippen molar-refractivity contribution in [2.75, 3.05) is 0 Å². The number of carboxylic acids is 1. The smallest absolute Gasteiger partial charge is 0.303 e. The largest absolute Gasteiger partial charge is 0.481 e. The second-order valence-electron chi connectivity index (χ2n) is 8.08. The summed E-state index contributed by atoms with van der Waals surface area (Å²) in [6, 6.07) is 19.9. The minimum atomic E-state index is -3.80. The van der Waals surface area contributed by atoms with Crippen molar-refractivity contribution >= 4 is 15.8 Å². The molecule has 8 heteroatoms. The summed E-state index contributed by atoms with van der Waals surface area (Å²) in [5.41, 5.74) is 4.12. The van der Waals surface area contributed by atoms with Crippen LogP contribution in [0.25, 0.3) is 11.1 Å². The molecule has 0 atom stereocenters. The van der Waals surface area contributed by atoms with Crippen LogP contribution in [0.1, 0.15) is 23.1 Å². The molecule has 0 aliphatic carbocycles. The van der Waals surface area contributed by atoms with E-state index in [1.807, 2.05) is 42.5 Å². The van der Waals surface area contributed by atoms with E-state index in [1.54, 1.807) is 30.6 Å². The minimum Gasteiger partial charge on any atom is -0.481 e. The van der Waals surface area contributed by atoms with E-state index in [0.717, 1.165) is 16.7 Å². The third-order valence-electron chi connectivity index (χ3n) is 5.53. The minimum absolute atomic E-state index is 0.0916. The Bertz CT molecular complexity index is 1410. The molecule has 0 radical (unpaired) electrons. The van der Waals surface area contributed by atoms with Gasteiger partial charge in [0.1, 0.15) is 0 Å². The fourth-order valence-corrected chi connectivity index (χ4v) is 5.28. The highest BCUT2D eigenvalue weighted by molar-refractivity contribution is 7.91. The number of hydrogen-bond acceptors (Lipinski definition) is 6. The van der Waals surface area contributed by atoms with Gasteiger partial charge in [0, 0.05) is 55.4 Å². The Kier molecular flexibility index (Phi) is 7.64. The molecule has 0 aliphatic rings. The topological polar surface area (TPSA) is 109 Å². The monoisotopic (exact) mass is 487 g/mol. The van der Waals surface area contributed by atoms with Crippen LogP contribution >= 0.6 is 0 Å². The summed E-state index contributed by atoms with van der Waals surface area (Å²) in [6.07, 6.45) is 6.76. The number of sulfone groups is 1.